The number of carbonyl (C=O) groups excluding carboxylic acids is 2. The fourth-order valence-corrected chi connectivity index (χ4v) is 4.20. The predicted molar refractivity (Wildman–Crippen MR) is 95.7 cm³/mol. The van der Waals surface area contributed by atoms with Crippen molar-refractivity contribution < 1.29 is 19.1 Å². The molecule has 0 aromatic heterocycles. The summed E-state index contributed by atoms with van der Waals surface area (Å²) in [7, 11) is 0. The second kappa shape index (κ2) is 7.06. The standard InChI is InChI=1S/C20H27NO4/c1-5-24-19(22)16-9-8-14-15-7-6-13(4)10-18(15)21(11-17(14)16)20(23)25-12(2)3/h6-7,10,12,14,16-17H,5,8-9,11H2,1-4H3/t14?,16-,17?/m1/s1. The van der Waals surface area contributed by atoms with Gasteiger partial charge in [0, 0.05) is 6.54 Å². The number of rotatable bonds is 3. The lowest BCUT2D eigenvalue weighted by Gasteiger charge is -2.38. The Bertz CT molecular complexity index is 670. The van der Waals surface area contributed by atoms with Gasteiger partial charge in [0.1, 0.15) is 0 Å². The number of hydrogen-bond donors (Lipinski definition) is 0. The Balaban J connectivity index is 1.95. The van der Waals surface area contributed by atoms with Crippen molar-refractivity contribution in [1.29, 1.82) is 0 Å². The highest BCUT2D eigenvalue weighted by molar-refractivity contribution is 5.90. The second-order valence-electron chi connectivity index (χ2n) is 7.31. The Morgan fingerprint density at radius 2 is 2.04 bits per heavy atom. The smallest absolute Gasteiger partial charge is 0.414 e. The summed E-state index contributed by atoms with van der Waals surface area (Å²) < 4.78 is 10.7. The van der Waals surface area contributed by atoms with Crippen molar-refractivity contribution in [3.63, 3.8) is 0 Å². The van der Waals surface area contributed by atoms with E-state index in [0.29, 0.717) is 19.1 Å². The zero-order chi connectivity index (χ0) is 18.1. The number of amides is 1. The van der Waals surface area contributed by atoms with Crippen molar-refractivity contribution in [2.75, 3.05) is 18.1 Å². The zero-order valence-corrected chi connectivity index (χ0v) is 15.5. The van der Waals surface area contributed by atoms with E-state index < -0.39 is 0 Å². The topological polar surface area (TPSA) is 55.8 Å². The molecular weight excluding hydrogens is 318 g/mol. The first-order valence-electron chi connectivity index (χ1n) is 9.17. The SMILES string of the molecule is CCOC(=O)[C@@H]1CCC2c3ccc(C)cc3N(C(=O)OC(C)C)CC21. The van der Waals surface area contributed by atoms with Crippen LogP contribution in [0, 0.1) is 18.8 Å². The van der Waals surface area contributed by atoms with Crippen LogP contribution in [0.25, 0.3) is 0 Å². The maximum Gasteiger partial charge on any atom is 0.414 e. The van der Waals surface area contributed by atoms with Gasteiger partial charge in [-0.3, -0.25) is 9.69 Å². The van der Waals surface area contributed by atoms with Crippen LogP contribution in [0.1, 0.15) is 50.7 Å². The molecule has 2 unspecified atom stereocenters. The van der Waals surface area contributed by atoms with Crippen LogP contribution in [0.5, 0.6) is 0 Å². The number of ether oxygens (including phenoxy) is 2. The summed E-state index contributed by atoms with van der Waals surface area (Å²) >= 11 is 0. The average molecular weight is 345 g/mol. The molecule has 0 N–H and O–H groups in total. The summed E-state index contributed by atoms with van der Waals surface area (Å²) in [5.41, 5.74) is 3.19. The fourth-order valence-electron chi connectivity index (χ4n) is 4.20. The van der Waals surface area contributed by atoms with Gasteiger partial charge < -0.3 is 9.47 Å². The third-order valence-electron chi connectivity index (χ3n) is 5.24. The van der Waals surface area contributed by atoms with Crippen LogP contribution in [0.15, 0.2) is 18.2 Å². The predicted octanol–water partition coefficient (Wildman–Crippen LogP) is 4.03. The summed E-state index contributed by atoms with van der Waals surface area (Å²) in [5.74, 6) is 0.110. The molecule has 0 radical (unpaired) electrons. The van der Waals surface area contributed by atoms with Crippen molar-refractivity contribution >= 4 is 17.7 Å². The third-order valence-corrected chi connectivity index (χ3v) is 5.24. The first-order valence-corrected chi connectivity index (χ1v) is 9.17. The molecule has 1 aliphatic carbocycles. The van der Waals surface area contributed by atoms with E-state index in [1.54, 1.807) is 4.90 Å². The van der Waals surface area contributed by atoms with E-state index >= 15 is 0 Å². The Hall–Kier alpha value is -2.04. The number of benzene rings is 1. The molecule has 5 nitrogen and oxygen atoms in total. The summed E-state index contributed by atoms with van der Waals surface area (Å²) in [4.78, 5) is 26.7. The Morgan fingerprint density at radius 3 is 2.72 bits per heavy atom. The molecule has 0 spiro atoms. The minimum absolute atomic E-state index is 0.0916. The van der Waals surface area contributed by atoms with Crippen LogP contribution < -0.4 is 4.90 Å². The number of carbonyl (C=O) groups is 2. The van der Waals surface area contributed by atoms with Gasteiger partial charge in [-0.2, -0.15) is 0 Å². The highest BCUT2D eigenvalue weighted by Gasteiger charge is 2.47. The highest BCUT2D eigenvalue weighted by atomic mass is 16.6. The van der Waals surface area contributed by atoms with Crippen molar-refractivity contribution in [3.05, 3.63) is 29.3 Å². The van der Waals surface area contributed by atoms with Gasteiger partial charge in [-0.1, -0.05) is 12.1 Å². The number of aryl methyl sites for hydroxylation is 1. The Kier molecular flexibility index (Phi) is 5.02. The molecule has 1 saturated carbocycles. The van der Waals surface area contributed by atoms with Crippen LogP contribution in [0.2, 0.25) is 0 Å². The lowest BCUT2D eigenvalue weighted by molar-refractivity contribution is -0.149. The normalized spacial score (nSPS) is 24.7. The van der Waals surface area contributed by atoms with Crippen molar-refractivity contribution in [1.82, 2.24) is 0 Å². The van der Waals surface area contributed by atoms with E-state index in [4.69, 9.17) is 9.47 Å². The monoisotopic (exact) mass is 345 g/mol. The largest absolute Gasteiger partial charge is 0.466 e. The molecule has 3 rings (SSSR count). The highest BCUT2D eigenvalue weighted by Crippen LogP contribution is 2.51. The zero-order valence-electron chi connectivity index (χ0n) is 15.5. The molecular formula is C20H27NO4. The first kappa shape index (κ1) is 17.8. The molecule has 0 saturated heterocycles. The molecule has 0 bridgehead atoms. The summed E-state index contributed by atoms with van der Waals surface area (Å²) in [6.07, 6.45) is 1.25. The van der Waals surface area contributed by atoms with Gasteiger partial charge in [-0.15, -0.1) is 0 Å². The number of hydrogen-bond acceptors (Lipinski definition) is 4. The lowest BCUT2D eigenvalue weighted by Crippen LogP contribution is -2.44. The summed E-state index contributed by atoms with van der Waals surface area (Å²) in [5, 5.41) is 0. The van der Waals surface area contributed by atoms with Gasteiger partial charge in [0.05, 0.1) is 24.3 Å². The van der Waals surface area contributed by atoms with Crippen molar-refractivity contribution in [2.45, 2.75) is 52.6 Å². The van der Waals surface area contributed by atoms with Gasteiger partial charge in [-0.25, -0.2) is 4.79 Å². The van der Waals surface area contributed by atoms with Gasteiger partial charge >= 0.3 is 12.1 Å². The molecule has 1 aromatic rings. The number of esters is 1. The maximum absolute atomic E-state index is 12.7. The quantitative estimate of drug-likeness (QED) is 0.776. The van der Waals surface area contributed by atoms with E-state index in [-0.39, 0.29) is 30.0 Å². The Labute approximate surface area is 149 Å². The first-order chi connectivity index (χ1) is 11.9. The van der Waals surface area contributed by atoms with Gasteiger partial charge in [-0.05, 0) is 69.6 Å². The van der Waals surface area contributed by atoms with Gasteiger partial charge in [0.15, 0.2) is 0 Å². The molecule has 136 valence electrons. The fraction of sp³-hybridized carbons (Fsp3) is 0.600. The minimum Gasteiger partial charge on any atom is -0.466 e. The van der Waals surface area contributed by atoms with E-state index in [9.17, 15) is 9.59 Å². The molecule has 2 aliphatic rings. The minimum atomic E-state index is -0.338. The number of fused-ring (bicyclic) bond motifs is 3. The maximum atomic E-state index is 12.7. The van der Waals surface area contributed by atoms with Crippen LogP contribution in [-0.2, 0) is 14.3 Å². The third kappa shape index (κ3) is 3.37. The van der Waals surface area contributed by atoms with Crippen molar-refractivity contribution in [2.24, 2.45) is 11.8 Å². The van der Waals surface area contributed by atoms with Gasteiger partial charge in [0.25, 0.3) is 0 Å². The second-order valence-corrected chi connectivity index (χ2v) is 7.31. The molecule has 1 heterocycles. The van der Waals surface area contributed by atoms with E-state index in [0.717, 1.165) is 29.7 Å². The van der Waals surface area contributed by atoms with Crippen molar-refractivity contribution in [3.8, 4) is 0 Å². The Morgan fingerprint density at radius 1 is 1.28 bits per heavy atom. The van der Waals surface area contributed by atoms with Crippen LogP contribution in [-0.4, -0.2) is 31.3 Å². The lowest BCUT2D eigenvalue weighted by atomic mass is 9.80. The summed E-state index contributed by atoms with van der Waals surface area (Å²) in [6.45, 7) is 8.44. The summed E-state index contributed by atoms with van der Waals surface area (Å²) in [6, 6.07) is 6.22. The number of nitrogens with zero attached hydrogens (tertiary/aromatic N) is 1. The van der Waals surface area contributed by atoms with E-state index in [2.05, 4.69) is 12.1 Å². The van der Waals surface area contributed by atoms with Gasteiger partial charge in [0.2, 0.25) is 0 Å². The van der Waals surface area contributed by atoms with Crippen LogP contribution in [0.3, 0.4) is 0 Å². The van der Waals surface area contributed by atoms with E-state index in [1.165, 1.54) is 0 Å². The average Bonchev–Trinajstić information content (AvgIpc) is 2.97. The number of anilines is 1. The van der Waals surface area contributed by atoms with Crippen LogP contribution >= 0.6 is 0 Å². The van der Waals surface area contributed by atoms with Crippen LogP contribution in [0.4, 0.5) is 10.5 Å². The molecule has 1 aromatic carbocycles. The molecule has 5 heteroatoms. The molecule has 1 aliphatic heterocycles. The molecule has 25 heavy (non-hydrogen) atoms. The molecule has 3 atom stereocenters. The van der Waals surface area contributed by atoms with E-state index in [1.807, 2.05) is 33.8 Å². The molecule has 1 amide bonds. The molecule has 1 fully saturated rings.